The van der Waals surface area contributed by atoms with Crippen LogP contribution in [0.4, 0.5) is 0 Å². The minimum atomic E-state index is -0.149. The summed E-state index contributed by atoms with van der Waals surface area (Å²) in [6, 6.07) is 6.20. The number of aryl methyl sites for hydroxylation is 3. The molecule has 2 aromatic rings. The molecule has 0 amide bonds. The van der Waals surface area contributed by atoms with E-state index in [4.69, 9.17) is 5.73 Å². The van der Waals surface area contributed by atoms with Crippen LogP contribution in [0.1, 0.15) is 35.5 Å². The normalized spacial score (nSPS) is 12.7. The van der Waals surface area contributed by atoms with E-state index in [1.165, 1.54) is 11.1 Å². The summed E-state index contributed by atoms with van der Waals surface area (Å²) >= 11 is 0. The Labute approximate surface area is 102 Å². The molecule has 0 radical (unpaired) electrons. The monoisotopic (exact) mass is 229 g/mol. The Hall–Kier alpha value is -1.61. The lowest BCUT2D eigenvalue weighted by Crippen LogP contribution is -2.17. The van der Waals surface area contributed by atoms with Crippen molar-refractivity contribution in [2.45, 2.75) is 33.4 Å². The van der Waals surface area contributed by atoms with Gasteiger partial charge in [-0.15, -0.1) is 0 Å². The van der Waals surface area contributed by atoms with Crippen LogP contribution in [0.3, 0.4) is 0 Å². The van der Waals surface area contributed by atoms with Gasteiger partial charge in [0.25, 0.3) is 0 Å². The topological polar surface area (TPSA) is 43.8 Å². The zero-order chi connectivity index (χ0) is 12.4. The molecule has 90 valence electrons. The lowest BCUT2D eigenvalue weighted by molar-refractivity contribution is 0.656. The number of nitrogens with two attached hydrogens (primary N) is 1. The van der Waals surface area contributed by atoms with Crippen LogP contribution in [-0.2, 0) is 6.54 Å². The zero-order valence-electron chi connectivity index (χ0n) is 10.6. The highest BCUT2D eigenvalue weighted by molar-refractivity contribution is 5.34. The summed E-state index contributed by atoms with van der Waals surface area (Å²) in [6.07, 6.45) is 3.77. The predicted octanol–water partition coefficient (Wildman–Crippen LogP) is 2.57. The standard InChI is InChI=1S/C14H19N3/c1-4-17-8-7-16-14(17)13(15)12-6-5-10(2)11(3)9-12/h5-9,13H,4,15H2,1-3H3. The third-order valence-corrected chi connectivity index (χ3v) is 3.26. The first-order valence-electron chi connectivity index (χ1n) is 5.97. The SMILES string of the molecule is CCn1ccnc1C(N)c1ccc(C)c(C)c1. The van der Waals surface area contributed by atoms with E-state index in [1.807, 2.05) is 6.20 Å². The van der Waals surface area contributed by atoms with Gasteiger partial charge in [0, 0.05) is 18.9 Å². The molecule has 0 spiro atoms. The molecule has 3 heteroatoms. The highest BCUT2D eigenvalue weighted by Crippen LogP contribution is 2.20. The number of imidazole rings is 1. The van der Waals surface area contributed by atoms with Gasteiger partial charge in [0.15, 0.2) is 0 Å². The third-order valence-electron chi connectivity index (χ3n) is 3.26. The van der Waals surface area contributed by atoms with Crippen LogP contribution in [0.25, 0.3) is 0 Å². The number of nitrogens with zero attached hydrogens (tertiary/aromatic N) is 2. The summed E-state index contributed by atoms with van der Waals surface area (Å²) in [5.74, 6) is 0.927. The molecule has 0 bridgehead atoms. The van der Waals surface area contributed by atoms with E-state index in [2.05, 4.69) is 48.5 Å². The third kappa shape index (κ3) is 2.24. The van der Waals surface area contributed by atoms with Crippen molar-refractivity contribution < 1.29 is 0 Å². The van der Waals surface area contributed by atoms with Crippen molar-refractivity contribution in [2.24, 2.45) is 5.73 Å². The van der Waals surface area contributed by atoms with Gasteiger partial charge in [-0.05, 0) is 37.5 Å². The Bertz CT molecular complexity index is 514. The number of aromatic nitrogens is 2. The first-order chi connectivity index (χ1) is 8.13. The van der Waals surface area contributed by atoms with E-state index in [9.17, 15) is 0 Å². The lowest BCUT2D eigenvalue weighted by atomic mass is 10.0. The summed E-state index contributed by atoms with van der Waals surface area (Å²) in [6.45, 7) is 7.21. The molecular formula is C14H19N3. The van der Waals surface area contributed by atoms with Gasteiger partial charge in [-0.1, -0.05) is 18.2 Å². The van der Waals surface area contributed by atoms with Crippen LogP contribution in [0.2, 0.25) is 0 Å². The van der Waals surface area contributed by atoms with Crippen LogP contribution in [0.5, 0.6) is 0 Å². The van der Waals surface area contributed by atoms with Crippen LogP contribution in [0.15, 0.2) is 30.6 Å². The average Bonchev–Trinajstić information content (AvgIpc) is 2.80. The second-order valence-electron chi connectivity index (χ2n) is 4.39. The highest BCUT2D eigenvalue weighted by atomic mass is 15.1. The van der Waals surface area contributed by atoms with Gasteiger partial charge in [-0.3, -0.25) is 0 Å². The van der Waals surface area contributed by atoms with Crippen molar-refractivity contribution in [2.75, 3.05) is 0 Å². The molecule has 1 unspecified atom stereocenters. The molecule has 2 N–H and O–H groups in total. The number of hydrogen-bond acceptors (Lipinski definition) is 2. The molecular weight excluding hydrogens is 210 g/mol. The maximum Gasteiger partial charge on any atom is 0.130 e. The van der Waals surface area contributed by atoms with Crippen molar-refractivity contribution in [3.8, 4) is 0 Å². The van der Waals surface area contributed by atoms with Crippen LogP contribution >= 0.6 is 0 Å². The van der Waals surface area contributed by atoms with Gasteiger partial charge in [-0.25, -0.2) is 4.98 Å². The molecule has 0 aliphatic rings. The van der Waals surface area contributed by atoms with E-state index in [0.29, 0.717) is 0 Å². The number of hydrogen-bond donors (Lipinski definition) is 1. The van der Waals surface area contributed by atoms with Crippen LogP contribution in [-0.4, -0.2) is 9.55 Å². The first kappa shape index (κ1) is 11.9. The largest absolute Gasteiger partial charge is 0.334 e. The van der Waals surface area contributed by atoms with Crippen LogP contribution < -0.4 is 5.73 Å². The molecule has 17 heavy (non-hydrogen) atoms. The Balaban J connectivity index is 2.36. The molecule has 1 heterocycles. The van der Waals surface area contributed by atoms with Gasteiger partial charge in [-0.2, -0.15) is 0 Å². The molecule has 2 rings (SSSR count). The van der Waals surface area contributed by atoms with Gasteiger partial charge < -0.3 is 10.3 Å². The number of rotatable bonds is 3. The van der Waals surface area contributed by atoms with Crippen molar-refractivity contribution in [1.82, 2.24) is 9.55 Å². The van der Waals surface area contributed by atoms with E-state index in [0.717, 1.165) is 17.9 Å². The first-order valence-corrected chi connectivity index (χ1v) is 5.97. The smallest absolute Gasteiger partial charge is 0.130 e. The summed E-state index contributed by atoms with van der Waals surface area (Å²) < 4.78 is 2.08. The summed E-state index contributed by atoms with van der Waals surface area (Å²) in [5.41, 5.74) is 9.95. The maximum atomic E-state index is 6.27. The zero-order valence-corrected chi connectivity index (χ0v) is 10.6. The van der Waals surface area contributed by atoms with Crippen molar-refractivity contribution in [3.63, 3.8) is 0 Å². The lowest BCUT2D eigenvalue weighted by Gasteiger charge is -2.14. The Morgan fingerprint density at radius 1 is 1.29 bits per heavy atom. The minimum absolute atomic E-state index is 0.149. The summed E-state index contributed by atoms with van der Waals surface area (Å²) in [4.78, 5) is 4.35. The predicted molar refractivity (Wildman–Crippen MR) is 69.8 cm³/mol. The van der Waals surface area contributed by atoms with E-state index in [1.54, 1.807) is 6.20 Å². The second-order valence-corrected chi connectivity index (χ2v) is 4.39. The summed E-state index contributed by atoms with van der Waals surface area (Å²) in [5, 5.41) is 0. The quantitative estimate of drug-likeness (QED) is 0.879. The second kappa shape index (κ2) is 4.72. The number of benzene rings is 1. The van der Waals surface area contributed by atoms with Gasteiger partial charge in [0.05, 0.1) is 6.04 Å². The van der Waals surface area contributed by atoms with E-state index in [-0.39, 0.29) is 6.04 Å². The van der Waals surface area contributed by atoms with Crippen molar-refractivity contribution in [1.29, 1.82) is 0 Å². The van der Waals surface area contributed by atoms with Crippen molar-refractivity contribution >= 4 is 0 Å². The fraction of sp³-hybridized carbons (Fsp3) is 0.357. The molecule has 0 aliphatic carbocycles. The molecule has 0 saturated heterocycles. The van der Waals surface area contributed by atoms with E-state index >= 15 is 0 Å². The van der Waals surface area contributed by atoms with Crippen molar-refractivity contribution in [3.05, 3.63) is 53.1 Å². The fourth-order valence-corrected chi connectivity index (χ4v) is 1.97. The molecule has 1 atom stereocenters. The molecule has 1 aromatic heterocycles. The molecule has 0 aliphatic heterocycles. The molecule has 3 nitrogen and oxygen atoms in total. The Morgan fingerprint density at radius 3 is 2.71 bits per heavy atom. The summed E-state index contributed by atoms with van der Waals surface area (Å²) in [7, 11) is 0. The minimum Gasteiger partial charge on any atom is -0.334 e. The maximum absolute atomic E-state index is 6.27. The van der Waals surface area contributed by atoms with Gasteiger partial charge in [0.2, 0.25) is 0 Å². The van der Waals surface area contributed by atoms with Gasteiger partial charge in [0.1, 0.15) is 5.82 Å². The van der Waals surface area contributed by atoms with E-state index < -0.39 is 0 Å². The molecule has 0 fully saturated rings. The Kier molecular flexibility index (Phi) is 3.29. The highest BCUT2D eigenvalue weighted by Gasteiger charge is 2.14. The molecule has 0 saturated carbocycles. The van der Waals surface area contributed by atoms with Crippen LogP contribution in [0, 0.1) is 13.8 Å². The fourth-order valence-electron chi connectivity index (χ4n) is 1.97. The average molecular weight is 229 g/mol. The molecule has 1 aromatic carbocycles. The Morgan fingerprint density at radius 2 is 2.06 bits per heavy atom. The van der Waals surface area contributed by atoms with Gasteiger partial charge >= 0.3 is 0 Å².